The monoisotopic (exact) mass is 451 g/mol. The molecule has 1 aliphatic rings. The van der Waals surface area contributed by atoms with Crippen LogP contribution in [0.15, 0.2) is 76.5 Å². The summed E-state index contributed by atoms with van der Waals surface area (Å²) in [7, 11) is 0. The molecule has 1 aromatic heterocycles. The van der Waals surface area contributed by atoms with Crippen molar-refractivity contribution in [1.82, 2.24) is 9.88 Å². The van der Waals surface area contributed by atoms with Gasteiger partial charge in [0.05, 0.1) is 22.5 Å². The van der Waals surface area contributed by atoms with Crippen molar-refractivity contribution < 1.29 is 9.90 Å². The van der Waals surface area contributed by atoms with Gasteiger partial charge in [0, 0.05) is 23.0 Å². The van der Waals surface area contributed by atoms with Crippen LogP contribution in [0, 0.1) is 13.8 Å². The molecule has 6 nitrogen and oxygen atoms in total. The molecular weight excluding hydrogens is 426 g/mol. The van der Waals surface area contributed by atoms with E-state index >= 15 is 0 Å². The number of aryl methyl sites for hydroxylation is 2. The minimum Gasteiger partial charge on any atom is -0.494 e. The summed E-state index contributed by atoms with van der Waals surface area (Å²) < 4.78 is 1.31. The molecule has 1 aliphatic carbocycles. The first-order chi connectivity index (χ1) is 16.4. The Balaban J connectivity index is 1.66. The third-order valence-corrected chi connectivity index (χ3v) is 6.25. The summed E-state index contributed by atoms with van der Waals surface area (Å²) in [6.07, 6.45) is 3.52. The Labute approximate surface area is 197 Å². The van der Waals surface area contributed by atoms with Crippen molar-refractivity contribution in [2.75, 3.05) is 0 Å². The first-order valence-electron chi connectivity index (χ1n) is 11.3. The molecule has 0 radical (unpaired) electrons. The number of nitrogens with zero attached hydrogens (tertiary/aromatic N) is 2. The van der Waals surface area contributed by atoms with E-state index in [1.54, 1.807) is 36.4 Å². The fourth-order valence-corrected chi connectivity index (χ4v) is 4.00. The number of aliphatic imine (C=N–C) groups is 1. The van der Waals surface area contributed by atoms with Gasteiger partial charge in [0.1, 0.15) is 0 Å². The highest BCUT2D eigenvalue weighted by Gasteiger charge is 2.24. The molecule has 1 heterocycles. The van der Waals surface area contributed by atoms with Gasteiger partial charge in [0.2, 0.25) is 5.88 Å². The second-order valence-electron chi connectivity index (χ2n) is 8.72. The van der Waals surface area contributed by atoms with Crippen LogP contribution in [0.25, 0.3) is 16.5 Å². The first-order valence-corrected chi connectivity index (χ1v) is 11.3. The van der Waals surface area contributed by atoms with E-state index in [9.17, 15) is 14.7 Å². The topological polar surface area (TPSA) is 83.7 Å². The number of fused-ring (bicyclic) bond motifs is 1. The Morgan fingerprint density at radius 2 is 1.71 bits per heavy atom. The Kier molecular flexibility index (Phi) is 5.49. The van der Waals surface area contributed by atoms with Crippen LogP contribution in [-0.4, -0.2) is 27.8 Å². The number of carbonyl (C=O) groups is 1. The number of amides is 1. The Morgan fingerprint density at radius 3 is 2.44 bits per heavy atom. The molecule has 0 unspecified atom stereocenters. The summed E-state index contributed by atoms with van der Waals surface area (Å²) in [5, 5.41) is 15.3. The van der Waals surface area contributed by atoms with Crippen LogP contribution in [0.1, 0.15) is 39.9 Å². The third kappa shape index (κ3) is 3.99. The maximum Gasteiger partial charge on any atom is 0.265 e. The zero-order valence-electron chi connectivity index (χ0n) is 19.1. The van der Waals surface area contributed by atoms with Gasteiger partial charge in [-0.25, -0.2) is 4.57 Å². The molecule has 1 saturated carbocycles. The van der Waals surface area contributed by atoms with Gasteiger partial charge in [0.25, 0.3) is 11.5 Å². The lowest BCUT2D eigenvalue weighted by Crippen LogP contribution is -2.25. The summed E-state index contributed by atoms with van der Waals surface area (Å²) >= 11 is 0. The molecule has 34 heavy (non-hydrogen) atoms. The number of carbonyl (C=O) groups excluding carboxylic acids is 1. The van der Waals surface area contributed by atoms with E-state index < -0.39 is 0 Å². The molecule has 0 aliphatic heterocycles. The molecule has 1 amide bonds. The molecule has 6 heteroatoms. The molecule has 0 bridgehead atoms. The smallest absolute Gasteiger partial charge is 0.265 e. The van der Waals surface area contributed by atoms with Gasteiger partial charge in [0.15, 0.2) is 0 Å². The quantitative estimate of drug-likeness (QED) is 0.421. The Hall–Kier alpha value is -4.19. The average molecular weight is 452 g/mol. The van der Waals surface area contributed by atoms with E-state index in [-0.39, 0.29) is 23.4 Å². The lowest BCUT2D eigenvalue weighted by molar-refractivity contribution is 0.0952. The molecular formula is C28H25N3O3. The summed E-state index contributed by atoms with van der Waals surface area (Å²) in [5.74, 6) is -0.361. The number of nitrogens with one attached hydrogen (secondary N) is 1. The minimum absolute atomic E-state index is 0.163. The van der Waals surface area contributed by atoms with Crippen LogP contribution >= 0.6 is 0 Å². The molecule has 2 N–H and O–H groups in total. The van der Waals surface area contributed by atoms with Crippen molar-refractivity contribution in [2.45, 2.75) is 32.7 Å². The number of pyridine rings is 1. The Bertz CT molecular complexity index is 1510. The average Bonchev–Trinajstić information content (AvgIpc) is 3.65. The lowest BCUT2D eigenvalue weighted by Gasteiger charge is -2.15. The number of benzene rings is 3. The maximum absolute atomic E-state index is 13.3. The normalized spacial score (nSPS) is 13.5. The fraction of sp³-hybridized carbons (Fsp3) is 0.179. The van der Waals surface area contributed by atoms with Crippen molar-refractivity contribution in [3.63, 3.8) is 0 Å². The highest BCUT2D eigenvalue weighted by molar-refractivity contribution is 6.04. The summed E-state index contributed by atoms with van der Waals surface area (Å²) in [6.45, 7) is 3.96. The van der Waals surface area contributed by atoms with Gasteiger partial charge < -0.3 is 10.4 Å². The van der Waals surface area contributed by atoms with Crippen LogP contribution in [0.3, 0.4) is 0 Å². The highest BCUT2D eigenvalue weighted by Crippen LogP contribution is 2.28. The fourth-order valence-electron chi connectivity index (χ4n) is 4.00. The van der Waals surface area contributed by atoms with Crippen LogP contribution < -0.4 is 10.9 Å². The summed E-state index contributed by atoms with van der Waals surface area (Å²) in [4.78, 5) is 30.6. The van der Waals surface area contributed by atoms with Gasteiger partial charge in [-0.15, -0.1) is 0 Å². The van der Waals surface area contributed by atoms with Crippen molar-refractivity contribution in [1.29, 1.82) is 0 Å². The van der Waals surface area contributed by atoms with E-state index in [1.807, 2.05) is 44.2 Å². The molecule has 170 valence electrons. The van der Waals surface area contributed by atoms with Crippen LogP contribution in [0.4, 0.5) is 5.69 Å². The zero-order valence-corrected chi connectivity index (χ0v) is 19.1. The van der Waals surface area contributed by atoms with Gasteiger partial charge in [-0.05, 0) is 68.1 Å². The summed E-state index contributed by atoms with van der Waals surface area (Å²) in [6, 6.07) is 20.1. The molecule has 0 saturated heterocycles. The molecule has 5 rings (SSSR count). The van der Waals surface area contributed by atoms with Crippen molar-refractivity contribution in [3.8, 4) is 11.6 Å². The zero-order chi connectivity index (χ0) is 23.8. The summed E-state index contributed by atoms with van der Waals surface area (Å²) in [5.41, 5.74) is 3.76. The number of aromatic hydroxyl groups is 1. The predicted molar refractivity (Wildman–Crippen MR) is 135 cm³/mol. The predicted octanol–water partition coefficient (Wildman–Crippen LogP) is 4.96. The molecule has 0 atom stereocenters. The van der Waals surface area contributed by atoms with Crippen LogP contribution in [0.5, 0.6) is 5.88 Å². The van der Waals surface area contributed by atoms with Gasteiger partial charge in [-0.3, -0.25) is 14.6 Å². The molecule has 3 aromatic carbocycles. The largest absolute Gasteiger partial charge is 0.494 e. The second-order valence-corrected chi connectivity index (χ2v) is 8.72. The van der Waals surface area contributed by atoms with E-state index in [0.717, 1.165) is 24.0 Å². The van der Waals surface area contributed by atoms with Crippen LogP contribution in [0.2, 0.25) is 0 Å². The molecule has 0 spiro atoms. The minimum atomic E-state index is -0.308. The van der Waals surface area contributed by atoms with Crippen molar-refractivity contribution in [2.24, 2.45) is 4.99 Å². The van der Waals surface area contributed by atoms with Gasteiger partial charge in [-0.1, -0.05) is 36.4 Å². The van der Waals surface area contributed by atoms with Gasteiger partial charge >= 0.3 is 0 Å². The molecule has 4 aromatic rings. The highest BCUT2D eigenvalue weighted by atomic mass is 16.3. The van der Waals surface area contributed by atoms with Crippen molar-refractivity contribution in [3.05, 3.63) is 99.3 Å². The van der Waals surface area contributed by atoms with E-state index in [4.69, 9.17) is 0 Å². The number of para-hydroxylation sites is 1. The third-order valence-electron chi connectivity index (χ3n) is 6.25. The van der Waals surface area contributed by atoms with Crippen LogP contribution in [-0.2, 0) is 0 Å². The lowest BCUT2D eigenvalue weighted by atomic mass is 10.1. The SMILES string of the molecule is Cc1ccc(-n2c(O)c(C=Nc3ccccc3C(=O)NC3CC3)c3ccccc3c2=O)cc1C. The van der Waals surface area contributed by atoms with Gasteiger partial charge in [-0.2, -0.15) is 0 Å². The van der Waals surface area contributed by atoms with E-state index in [2.05, 4.69) is 10.3 Å². The number of hydrogen-bond acceptors (Lipinski definition) is 4. The number of hydrogen-bond donors (Lipinski definition) is 2. The maximum atomic E-state index is 13.3. The van der Waals surface area contributed by atoms with E-state index in [0.29, 0.717) is 33.3 Å². The Morgan fingerprint density at radius 1 is 1.00 bits per heavy atom. The van der Waals surface area contributed by atoms with Crippen molar-refractivity contribution >= 4 is 28.6 Å². The number of rotatable bonds is 5. The first kappa shape index (κ1) is 21.6. The van der Waals surface area contributed by atoms with E-state index in [1.165, 1.54) is 10.8 Å². The standard InChI is InChI=1S/C28H25N3O3/c1-17-11-14-20(15-18(17)2)31-27(33)22-8-4-3-7-21(22)24(28(31)34)16-29-25-10-6-5-9-23(25)26(32)30-19-12-13-19/h3-11,14-16,19,34H,12-13H2,1-2H3,(H,30,32). The number of aromatic nitrogens is 1. The second kappa shape index (κ2) is 8.63. The molecule has 1 fully saturated rings.